The van der Waals surface area contributed by atoms with Crippen molar-refractivity contribution in [1.29, 1.82) is 0 Å². The van der Waals surface area contributed by atoms with E-state index in [4.69, 9.17) is 0 Å². The Hall–Kier alpha value is -2.39. The number of amides is 1. The van der Waals surface area contributed by atoms with Gasteiger partial charge in [0.05, 0.1) is 35.0 Å². The molecule has 9 heteroatoms. The lowest BCUT2D eigenvalue weighted by Crippen LogP contribution is -2.40. The van der Waals surface area contributed by atoms with Gasteiger partial charge in [-0.05, 0) is 37.1 Å². The Morgan fingerprint density at radius 3 is 2.57 bits per heavy atom. The standard InChI is InChI=1S/C21H22FN3O3S2/c1-13-6-5-7-14(2)20(13)24-19(26)10-29-21-23-16-11-30(27,28)12-18(16)25(21)17-9-4-3-8-15(17)22/h3-9,16,18H,10-12H2,1-2H3,(H,24,26). The van der Waals surface area contributed by atoms with Crippen LogP contribution in [0.25, 0.3) is 0 Å². The lowest BCUT2D eigenvalue weighted by molar-refractivity contribution is -0.113. The van der Waals surface area contributed by atoms with Crippen molar-refractivity contribution >= 4 is 44.0 Å². The molecule has 0 spiro atoms. The monoisotopic (exact) mass is 447 g/mol. The Bertz CT molecular complexity index is 1110. The smallest absolute Gasteiger partial charge is 0.234 e. The highest BCUT2D eigenvalue weighted by molar-refractivity contribution is 8.14. The molecule has 6 nitrogen and oxygen atoms in total. The van der Waals surface area contributed by atoms with E-state index in [0.29, 0.717) is 5.17 Å². The molecule has 2 aliphatic rings. The van der Waals surface area contributed by atoms with Crippen molar-refractivity contribution in [1.82, 2.24) is 0 Å². The molecule has 0 radical (unpaired) electrons. The van der Waals surface area contributed by atoms with Gasteiger partial charge in [0, 0.05) is 5.69 Å². The van der Waals surface area contributed by atoms with Gasteiger partial charge in [0.1, 0.15) is 5.82 Å². The highest BCUT2D eigenvalue weighted by atomic mass is 32.2. The van der Waals surface area contributed by atoms with Gasteiger partial charge in [-0.1, -0.05) is 42.1 Å². The number of amidine groups is 1. The zero-order valence-electron chi connectivity index (χ0n) is 16.6. The van der Waals surface area contributed by atoms with Crippen molar-refractivity contribution < 1.29 is 17.6 Å². The summed E-state index contributed by atoms with van der Waals surface area (Å²) >= 11 is 1.19. The number of carbonyl (C=O) groups is 1. The van der Waals surface area contributed by atoms with Crippen molar-refractivity contribution in [2.24, 2.45) is 4.99 Å². The minimum Gasteiger partial charge on any atom is -0.325 e. The van der Waals surface area contributed by atoms with Gasteiger partial charge in [-0.25, -0.2) is 12.8 Å². The highest BCUT2D eigenvalue weighted by Crippen LogP contribution is 2.36. The first-order chi connectivity index (χ1) is 14.2. The third-order valence-electron chi connectivity index (χ3n) is 5.30. The molecule has 2 aromatic rings. The topological polar surface area (TPSA) is 78.8 Å². The van der Waals surface area contributed by atoms with Crippen molar-refractivity contribution in [3.8, 4) is 0 Å². The molecule has 1 fully saturated rings. The number of hydrogen-bond acceptors (Lipinski definition) is 6. The molecule has 30 heavy (non-hydrogen) atoms. The third-order valence-corrected chi connectivity index (χ3v) is 7.96. The van der Waals surface area contributed by atoms with Crippen LogP contribution in [0.4, 0.5) is 15.8 Å². The second kappa shape index (κ2) is 8.03. The number of rotatable bonds is 4. The normalized spacial score (nSPS) is 22.0. The molecular formula is C21H22FN3O3S2. The van der Waals surface area contributed by atoms with Crippen LogP contribution in [-0.4, -0.2) is 48.8 Å². The summed E-state index contributed by atoms with van der Waals surface area (Å²) in [7, 11) is -3.22. The number of nitrogens with zero attached hydrogens (tertiary/aromatic N) is 2. The first-order valence-corrected chi connectivity index (χ1v) is 12.4. The number of thioether (sulfide) groups is 1. The Balaban J connectivity index is 1.53. The van der Waals surface area contributed by atoms with Gasteiger partial charge in [-0.15, -0.1) is 0 Å². The van der Waals surface area contributed by atoms with Crippen LogP contribution in [0, 0.1) is 19.7 Å². The van der Waals surface area contributed by atoms with E-state index in [2.05, 4.69) is 10.3 Å². The SMILES string of the molecule is Cc1cccc(C)c1NC(=O)CSC1=NC2CS(=O)(=O)CC2N1c1ccccc1F. The Kier molecular flexibility index (Phi) is 5.59. The lowest BCUT2D eigenvalue weighted by Gasteiger charge is -2.26. The average molecular weight is 448 g/mol. The maximum atomic E-state index is 14.5. The van der Waals surface area contributed by atoms with Crippen LogP contribution < -0.4 is 10.2 Å². The maximum absolute atomic E-state index is 14.5. The molecule has 1 amide bonds. The molecule has 4 rings (SSSR count). The van der Waals surface area contributed by atoms with Crippen LogP contribution in [0.1, 0.15) is 11.1 Å². The van der Waals surface area contributed by atoms with E-state index in [1.807, 2.05) is 32.0 Å². The number of aliphatic imine (C=N–C) groups is 1. The van der Waals surface area contributed by atoms with Crippen molar-refractivity contribution in [3.63, 3.8) is 0 Å². The van der Waals surface area contributed by atoms with Gasteiger partial charge in [-0.3, -0.25) is 9.79 Å². The zero-order chi connectivity index (χ0) is 21.5. The molecule has 1 N–H and O–H groups in total. The summed E-state index contributed by atoms with van der Waals surface area (Å²) in [5.74, 6) is -0.687. The molecule has 2 unspecified atom stereocenters. The van der Waals surface area contributed by atoms with Crippen LogP contribution >= 0.6 is 11.8 Å². The van der Waals surface area contributed by atoms with Crippen molar-refractivity contribution in [2.75, 3.05) is 27.5 Å². The van der Waals surface area contributed by atoms with E-state index in [-0.39, 0.29) is 28.9 Å². The zero-order valence-corrected chi connectivity index (χ0v) is 18.3. The van der Waals surface area contributed by atoms with Gasteiger partial charge in [0.25, 0.3) is 0 Å². The second-order valence-electron chi connectivity index (χ2n) is 7.55. The molecule has 2 heterocycles. The quantitative estimate of drug-likeness (QED) is 0.779. The third kappa shape index (κ3) is 4.09. The molecule has 2 atom stereocenters. The molecule has 2 aromatic carbocycles. The summed E-state index contributed by atoms with van der Waals surface area (Å²) in [6, 6.07) is 11.1. The average Bonchev–Trinajstić information content (AvgIpc) is 3.15. The lowest BCUT2D eigenvalue weighted by atomic mass is 10.1. The van der Waals surface area contributed by atoms with E-state index >= 15 is 0 Å². The van der Waals surface area contributed by atoms with Crippen LogP contribution in [0.3, 0.4) is 0 Å². The number of halogens is 1. The molecule has 1 saturated heterocycles. The molecule has 0 bridgehead atoms. The highest BCUT2D eigenvalue weighted by Gasteiger charge is 2.47. The Morgan fingerprint density at radius 1 is 1.17 bits per heavy atom. The maximum Gasteiger partial charge on any atom is 0.234 e. The largest absolute Gasteiger partial charge is 0.325 e. The molecular weight excluding hydrogens is 425 g/mol. The summed E-state index contributed by atoms with van der Waals surface area (Å²) in [5, 5.41) is 3.40. The number of sulfone groups is 1. The summed E-state index contributed by atoms with van der Waals surface area (Å²) in [4.78, 5) is 18.7. The van der Waals surface area contributed by atoms with E-state index in [1.165, 1.54) is 17.8 Å². The van der Waals surface area contributed by atoms with Gasteiger partial charge in [0.2, 0.25) is 5.91 Å². The number of carbonyl (C=O) groups excluding carboxylic acids is 1. The Labute approximate surface area is 179 Å². The number of hydrogen-bond donors (Lipinski definition) is 1. The van der Waals surface area contributed by atoms with Crippen LogP contribution in [0.2, 0.25) is 0 Å². The fourth-order valence-electron chi connectivity index (χ4n) is 3.88. The van der Waals surface area contributed by atoms with Gasteiger partial charge < -0.3 is 10.2 Å². The van der Waals surface area contributed by atoms with E-state index < -0.39 is 27.7 Å². The predicted molar refractivity (Wildman–Crippen MR) is 120 cm³/mol. The van der Waals surface area contributed by atoms with E-state index in [0.717, 1.165) is 16.8 Å². The number of para-hydroxylation sites is 2. The number of benzene rings is 2. The van der Waals surface area contributed by atoms with E-state index in [1.54, 1.807) is 23.1 Å². The fourth-order valence-corrected chi connectivity index (χ4v) is 6.64. The fraction of sp³-hybridized carbons (Fsp3) is 0.333. The van der Waals surface area contributed by atoms with Crippen LogP contribution in [-0.2, 0) is 14.6 Å². The molecule has 0 aromatic heterocycles. The van der Waals surface area contributed by atoms with Crippen LogP contribution in [0.5, 0.6) is 0 Å². The van der Waals surface area contributed by atoms with Gasteiger partial charge >= 0.3 is 0 Å². The second-order valence-corrected chi connectivity index (χ2v) is 10.6. The van der Waals surface area contributed by atoms with Crippen molar-refractivity contribution in [2.45, 2.75) is 25.9 Å². The number of fused-ring (bicyclic) bond motifs is 1. The summed E-state index contributed by atoms with van der Waals surface area (Å²) < 4.78 is 38.7. The molecule has 158 valence electrons. The number of anilines is 2. The minimum absolute atomic E-state index is 0.0543. The number of nitrogens with one attached hydrogen (secondary N) is 1. The Morgan fingerprint density at radius 2 is 1.87 bits per heavy atom. The van der Waals surface area contributed by atoms with Crippen molar-refractivity contribution in [3.05, 3.63) is 59.4 Å². The summed E-state index contributed by atoms with van der Waals surface area (Å²) in [5.41, 5.74) is 3.01. The molecule has 2 aliphatic heterocycles. The van der Waals surface area contributed by atoms with Crippen LogP contribution in [0.15, 0.2) is 47.5 Å². The van der Waals surface area contributed by atoms with E-state index in [9.17, 15) is 17.6 Å². The number of aryl methyl sites for hydroxylation is 2. The van der Waals surface area contributed by atoms with Gasteiger partial charge in [0.15, 0.2) is 15.0 Å². The summed E-state index contributed by atoms with van der Waals surface area (Å²) in [6.45, 7) is 3.86. The molecule has 0 aliphatic carbocycles. The first-order valence-electron chi connectivity index (χ1n) is 9.56. The first kappa shape index (κ1) is 20.9. The predicted octanol–water partition coefficient (Wildman–Crippen LogP) is 3.16. The minimum atomic E-state index is -3.22. The summed E-state index contributed by atoms with van der Waals surface area (Å²) in [6.07, 6.45) is 0. The molecule has 0 saturated carbocycles. The van der Waals surface area contributed by atoms with Gasteiger partial charge in [-0.2, -0.15) is 0 Å².